The third kappa shape index (κ3) is 4.07. The van der Waals surface area contributed by atoms with E-state index < -0.39 is 0 Å². The summed E-state index contributed by atoms with van der Waals surface area (Å²) >= 11 is 9.67. The van der Waals surface area contributed by atoms with Crippen molar-refractivity contribution in [3.63, 3.8) is 0 Å². The van der Waals surface area contributed by atoms with Gasteiger partial charge in [-0.2, -0.15) is 5.10 Å². The Kier molecular flexibility index (Phi) is 5.55. The highest BCUT2D eigenvalue weighted by atomic mass is 79.9. The Balaban J connectivity index is 1.62. The molecule has 5 rings (SSSR count). The number of hydrogen-bond donors (Lipinski definition) is 0. The Bertz CT molecular complexity index is 1380. The van der Waals surface area contributed by atoms with Gasteiger partial charge in [0, 0.05) is 32.9 Å². The van der Waals surface area contributed by atoms with E-state index in [1.54, 1.807) is 11.8 Å². The largest absolute Gasteiger partial charge is 0.497 e. The van der Waals surface area contributed by atoms with Crippen LogP contribution in [0.4, 0.5) is 0 Å². The fraction of sp³-hybridized carbons (Fsp3) is 0.0400. The molecule has 0 bridgehead atoms. The van der Waals surface area contributed by atoms with E-state index in [1.807, 2.05) is 85.1 Å². The first-order chi connectivity index (χ1) is 15.6. The van der Waals surface area contributed by atoms with Gasteiger partial charge in [-0.25, -0.2) is 4.68 Å². The molecule has 5 aromatic rings. The van der Waals surface area contributed by atoms with Crippen molar-refractivity contribution in [2.75, 3.05) is 7.11 Å². The molecule has 32 heavy (non-hydrogen) atoms. The number of benzene rings is 3. The van der Waals surface area contributed by atoms with Crippen LogP contribution in [0.2, 0.25) is 5.02 Å². The van der Waals surface area contributed by atoms with Crippen molar-refractivity contribution in [3.8, 4) is 45.3 Å². The molecule has 0 atom stereocenters. The topological polar surface area (TPSA) is 53.1 Å². The monoisotopic (exact) mass is 505 g/mol. The van der Waals surface area contributed by atoms with E-state index in [4.69, 9.17) is 26.0 Å². The number of rotatable bonds is 5. The van der Waals surface area contributed by atoms with Crippen LogP contribution in [0.3, 0.4) is 0 Å². The Hall–Kier alpha value is -3.35. The van der Waals surface area contributed by atoms with Gasteiger partial charge >= 0.3 is 0 Å². The second kappa shape index (κ2) is 8.65. The Morgan fingerprint density at radius 2 is 1.69 bits per heavy atom. The summed E-state index contributed by atoms with van der Waals surface area (Å²) in [7, 11) is 1.65. The second-order valence-corrected chi connectivity index (χ2v) is 8.48. The normalized spacial score (nSPS) is 11.0. The molecular weight excluding hydrogens is 490 g/mol. The lowest BCUT2D eigenvalue weighted by molar-refractivity contribution is 0.415. The lowest BCUT2D eigenvalue weighted by Gasteiger charge is -2.03. The van der Waals surface area contributed by atoms with Gasteiger partial charge in [-0.1, -0.05) is 50.9 Å². The highest BCUT2D eigenvalue weighted by molar-refractivity contribution is 9.10. The van der Waals surface area contributed by atoms with Crippen LogP contribution in [0.1, 0.15) is 0 Å². The standard InChI is InChI=1S/C25H17BrClN3O2/c1-31-21-11-7-17(8-12-21)25-22(15-30(28-25)20-4-2-3-19(27)13-20)24-14-23(29-32-24)16-5-9-18(26)10-6-16/h2-15H,1H3. The van der Waals surface area contributed by atoms with E-state index in [0.29, 0.717) is 10.8 Å². The molecule has 0 fully saturated rings. The predicted molar refractivity (Wildman–Crippen MR) is 129 cm³/mol. The van der Waals surface area contributed by atoms with E-state index in [9.17, 15) is 0 Å². The van der Waals surface area contributed by atoms with Crippen LogP contribution in [0.25, 0.3) is 39.5 Å². The summed E-state index contributed by atoms with van der Waals surface area (Å²) in [6.45, 7) is 0. The Morgan fingerprint density at radius 1 is 0.938 bits per heavy atom. The van der Waals surface area contributed by atoms with Gasteiger partial charge in [-0.3, -0.25) is 0 Å². The molecule has 5 nitrogen and oxygen atoms in total. The second-order valence-electron chi connectivity index (χ2n) is 7.13. The minimum Gasteiger partial charge on any atom is -0.497 e. The van der Waals surface area contributed by atoms with E-state index in [1.165, 1.54) is 0 Å². The van der Waals surface area contributed by atoms with Crippen molar-refractivity contribution in [1.29, 1.82) is 0 Å². The summed E-state index contributed by atoms with van der Waals surface area (Å²) < 4.78 is 13.8. The van der Waals surface area contributed by atoms with Crippen LogP contribution in [0.15, 0.2) is 94.1 Å². The molecule has 0 saturated heterocycles. The van der Waals surface area contributed by atoms with Crippen LogP contribution < -0.4 is 4.74 Å². The van der Waals surface area contributed by atoms with E-state index in [0.717, 1.165) is 44.0 Å². The summed E-state index contributed by atoms with van der Waals surface area (Å²) in [5.41, 5.74) is 5.10. The van der Waals surface area contributed by atoms with Crippen molar-refractivity contribution in [2.45, 2.75) is 0 Å². The van der Waals surface area contributed by atoms with Gasteiger partial charge in [0.25, 0.3) is 0 Å². The molecule has 7 heteroatoms. The van der Waals surface area contributed by atoms with Gasteiger partial charge in [0.2, 0.25) is 0 Å². The van der Waals surface area contributed by atoms with Gasteiger partial charge in [-0.05, 0) is 54.6 Å². The molecule has 2 heterocycles. The van der Waals surface area contributed by atoms with Crippen molar-refractivity contribution >= 4 is 27.5 Å². The molecule has 0 aliphatic rings. The molecule has 0 N–H and O–H groups in total. The minimum atomic E-state index is 0.627. The molecule has 3 aromatic carbocycles. The average molecular weight is 507 g/mol. The third-order valence-electron chi connectivity index (χ3n) is 5.07. The van der Waals surface area contributed by atoms with Crippen molar-refractivity contribution in [3.05, 3.63) is 94.6 Å². The van der Waals surface area contributed by atoms with Crippen molar-refractivity contribution in [2.24, 2.45) is 0 Å². The number of aromatic nitrogens is 3. The zero-order valence-electron chi connectivity index (χ0n) is 17.0. The van der Waals surface area contributed by atoms with E-state index in [-0.39, 0.29) is 0 Å². The van der Waals surface area contributed by atoms with Crippen molar-refractivity contribution < 1.29 is 9.26 Å². The third-order valence-corrected chi connectivity index (χ3v) is 5.83. The van der Waals surface area contributed by atoms with Gasteiger partial charge in [-0.15, -0.1) is 0 Å². The molecule has 0 amide bonds. The lowest BCUT2D eigenvalue weighted by atomic mass is 10.1. The molecule has 158 valence electrons. The average Bonchev–Trinajstić information content (AvgIpc) is 3.47. The van der Waals surface area contributed by atoms with Crippen LogP contribution in [-0.4, -0.2) is 22.0 Å². The fourth-order valence-corrected chi connectivity index (χ4v) is 3.87. The highest BCUT2D eigenvalue weighted by Gasteiger charge is 2.19. The summed E-state index contributed by atoms with van der Waals surface area (Å²) in [6.07, 6.45) is 1.93. The number of methoxy groups -OCH3 is 1. The SMILES string of the molecule is COc1ccc(-c2nn(-c3cccc(Cl)c3)cc2-c2cc(-c3ccc(Br)cc3)no2)cc1. The van der Waals surface area contributed by atoms with Gasteiger partial charge in [0.1, 0.15) is 17.1 Å². The van der Waals surface area contributed by atoms with Crippen LogP contribution in [0, 0.1) is 0 Å². The maximum absolute atomic E-state index is 6.20. The summed E-state index contributed by atoms with van der Waals surface area (Å²) in [6, 6.07) is 25.2. The number of halogens is 2. The number of nitrogens with zero attached hydrogens (tertiary/aromatic N) is 3. The molecule has 0 radical (unpaired) electrons. The lowest BCUT2D eigenvalue weighted by Crippen LogP contribution is -1.94. The zero-order chi connectivity index (χ0) is 22.1. The zero-order valence-corrected chi connectivity index (χ0v) is 19.3. The first kappa shape index (κ1) is 20.5. The minimum absolute atomic E-state index is 0.627. The van der Waals surface area contributed by atoms with Crippen LogP contribution in [0.5, 0.6) is 5.75 Å². The highest BCUT2D eigenvalue weighted by Crippen LogP contribution is 2.35. The fourth-order valence-electron chi connectivity index (χ4n) is 3.43. The molecular formula is C25H17BrClN3O2. The van der Waals surface area contributed by atoms with E-state index in [2.05, 4.69) is 21.1 Å². The van der Waals surface area contributed by atoms with Crippen LogP contribution >= 0.6 is 27.5 Å². The predicted octanol–water partition coefficient (Wildman–Crippen LogP) is 7.29. The summed E-state index contributed by atoms with van der Waals surface area (Å²) in [5.74, 6) is 1.41. The van der Waals surface area contributed by atoms with Gasteiger partial charge < -0.3 is 9.26 Å². The Labute approximate surface area is 198 Å². The molecule has 0 unspecified atom stereocenters. The van der Waals surface area contributed by atoms with E-state index >= 15 is 0 Å². The molecule has 0 aliphatic heterocycles. The number of hydrogen-bond acceptors (Lipinski definition) is 4. The molecule has 2 aromatic heterocycles. The first-order valence-electron chi connectivity index (χ1n) is 9.84. The van der Waals surface area contributed by atoms with Gasteiger partial charge in [0.05, 0.1) is 18.4 Å². The summed E-state index contributed by atoms with van der Waals surface area (Å²) in [5, 5.41) is 9.76. The van der Waals surface area contributed by atoms with Gasteiger partial charge in [0.15, 0.2) is 5.76 Å². The van der Waals surface area contributed by atoms with Crippen molar-refractivity contribution in [1.82, 2.24) is 14.9 Å². The Morgan fingerprint density at radius 3 is 2.41 bits per heavy atom. The summed E-state index contributed by atoms with van der Waals surface area (Å²) in [4.78, 5) is 0. The molecule has 0 spiro atoms. The molecule has 0 saturated carbocycles. The maximum atomic E-state index is 6.20. The maximum Gasteiger partial charge on any atom is 0.171 e. The molecule has 0 aliphatic carbocycles. The number of ether oxygens (including phenoxy) is 1. The quantitative estimate of drug-likeness (QED) is 0.251. The first-order valence-corrected chi connectivity index (χ1v) is 11.0. The smallest absolute Gasteiger partial charge is 0.171 e. The van der Waals surface area contributed by atoms with Crippen LogP contribution in [-0.2, 0) is 0 Å².